The molecule has 0 saturated heterocycles. The van der Waals surface area contributed by atoms with Gasteiger partial charge in [0.05, 0.1) is 5.97 Å². The molecule has 1 atom stereocenters. The van der Waals surface area contributed by atoms with E-state index in [1.165, 1.54) is 24.3 Å². The number of rotatable bonds is 5. The molecule has 1 aliphatic carbocycles. The molecule has 71 valence electrons. The maximum Gasteiger partial charge on any atom is 0.345 e. The lowest BCUT2D eigenvalue weighted by Gasteiger charge is -2.22. The largest absolute Gasteiger partial charge is 0.544 e. The monoisotopic (exact) mass is 185 g/mol. The first-order valence-electron chi connectivity index (χ1n) is 5.49. The highest BCUT2D eigenvalue weighted by Crippen LogP contribution is 2.19. The average Bonchev–Trinajstić information content (AvgIpc) is 2.24. The molecule has 0 aromatic rings. The number of carbonyl (C=O) groups is 1. The third-order valence-electron chi connectivity index (χ3n) is 1.62. The van der Waals surface area contributed by atoms with E-state index in [4.69, 9.17) is 5.67 Å². The van der Waals surface area contributed by atoms with Crippen LogP contribution in [0.25, 0.3) is 0 Å². The maximum atomic E-state index is 10.7. The van der Waals surface area contributed by atoms with Gasteiger partial charge < -0.3 is 20.7 Å². The highest BCUT2D eigenvalue weighted by Gasteiger charge is 2.10. The Morgan fingerprint density at radius 2 is 2.54 bits per heavy atom. The van der Waals surface area contributed by atoms with Crippen LogP contribution in [0, 0.1) is 12.0 Å². The molecule has 0 spiro atoms. The number of hydrogen-bond donors (Lipinski definition) is 2. The summed E-state index contributed by atoms with van der Waals surface area (Å²) < 4.78 is 27.8. The van der Waals surface area contributed by atoms with Crippen molar-refractivity contribution in [3.05, 3.63) is 36.3 Å². The quantitative estimate of drug-likeness (QED) is 0.502. The van der Waals surface area contributed by atoms with Gasteiger partial charge in [0.15, 0.2) is 1.43 Å². The van der Waals surface area contributed by atoms with Crippen molar-refractivity contribution in [3.63, 3.8) is 0 Å². The van der Waals surface area contributed by atoms with E-state index in [1.54, 1.807) is 0 Å². The summed E-state index contributed by atoms with van der Waals surface area (Å²) in [5.74, 6) is -1.10. The predicted octanol–water partition coefficient (Wildman–Crippen LogP) is -1.66. The van der Waals surface area contributed by atoms with Crippen LogP contribution in [0.5, 0.6) is 0 Å². The predicted molar refractivity (Wildman–Crippen MR) is 43.0 cm³/mol. The minimum absolute atomic E-state index is 0.170. The Hall–Kier alpha value is -1.26. The van der Waals surface area contributed by atoms with Gasteiger partial charge in [0.2, 0.25) is 0 Å². The Morgan fingerprint density at radius 3 is 3.00 bits per heavy atom. The maximum absolute atomic E-state index is 10.7. The summed E-state index contributed by atoms with van der Waals surface area (Å²) in [7, 11) is 0. The van der Waals surface area contributed by atoms with E-state index in [2.05, 4.69) is 5.11 Å². The van der Waals surface area contributed by atoms with Gasteiger partial charge in [0.1, 0.15) is 6.04 Å². The molecular formula is C9H11NO3-. The molecule has 0 amide bonds. The van der Waals surface area contributed by atoms with Gasteiger partial charge in [0.25, 0.3) is 0 Å². The van der Waals surface area contributed by atoms with E-state index in [0.717, 1.165) is 0 Å². The van der Waals surface area contributed by atoms with Crippen LogP contribution in [-0.2, 0) is 4.79 Å². The van der Waals surface area contributed by atoms with E-state index in [1.807, 2.05) is 0 Å². The summed E-state index contributed by atoms with van der Waals surface area (Å²) in [5, 5.41) is 14.9. The molecule has 0 aromatic heterocycles. The molecule has 1 rings (SSSR count). The molecule has 1 radical (unpaired) electrons. The Balaban J connectivity index is 2.65. The van der Waals surface area contributed by atoms with E-state index in [0.29, 0.717) is 12.0 Å². The molecule has 4 heteroatoms. The summed E-state index contributed by atoms with van der Waals surface area (Å²) in [4.78, 5) is 10.7. The van der Waals surface area contributed by atoms with Crippen LogP contribution in [0.3, 0.4) is 0 Å². The summed E-state index contributed by atoms with van der Waals surface area (Å²) in [5.41, 5.74) is -1.95. The highest BCUT2D eigenvalue weighted by atomic mass is 16.4. The third-order valence-corrected chi connectivity index (χ3v) is 1.62. The molecule has 4 N–H and O–H groups in total. The second-order valence-electron chi connectivity index (χ2n) is 2.68. The molecule has 0 aromatic carbocycles. The Labute approximate surface area is 82.2 Å². The molecule has 0 bridgehead atoms. The van der Waals surface area contributed by atoms with E-state index >= 15 is 0 Å². The summed E-state index contributed by atoms with van der Waals surface area (Å²) in [6.07, 6.45) is 6.06. The van der Waals surface area contributed by atoms with Crippen LogP contribution in [-0.4, -0.2) is 17.1 Å². The van der Waals surface area contributed by atoms with Crippen molar-refractivity contribution in [3.8, 4) is 0 Å². The van der Waals surface area contributed by atoms with Crippen LogP contribution in [0.15, 0.2) is 24.3 Å². The van der Waals surface area contributed by atoms with Crippen LogP contribution in [0.2, 0.25) is 4.24 Å². The topological polar surface area (TPSA) is 88.0 Å². The fraction of sp³-hybridized carbons (Fsp3) is 0.222. The Kier molecular flexibility index (Phi) is 1.73. The van der Waals surface area contributed by atoms with Crippen LogP contribution >= 0.6 is 0 Å². The molecule has 13 heavy (non-hydrogen) atoms. The lowest BCUT2D eigenvalue weighted by atomic mass is 9.95. The first-order chi connectivity index (χ1) is 7.84. The van der Waals surface area contributed by atoms with E-state index in [-0.39, 0.29) is 6.42 Å². The number of hydrogen-bond acceptors (Lipinski definition) is 3. The van der Waals surface area contributed by atoms with Gasteiger partial charge in [-0.1, -0.05) is 5.92 Å². The molecule has 0 fully saturated rings. The first kappa shape index (κ1) is 5.47. The summed E-state index contributed by atoms with van der Waals surface area (Å²) in [6, 6.07) is -1.60. The van der Waals surface area contributed by atoms with E-state index in [9.17, 15) is 9.90 Å². The van der Waals surface area contributed by atoms with E-state index < -0.39 is 17.7 Å². The van der Waals surface area contributed by atoms with Gasteiger partial charge in [-0.25, -0.2) is 0 Å². The number of carbonyl (C=O) groups excluding carboxylic acids is 1. The number of aliphatic hydroxyl groups excluding tert-OH is 1. The normalized spacial score (nSPS) is 24.5. The standard InChI is InChI=1S/C9H11NO3/c10-8(9(12)13)5-6-1-3-7(11)4-2-6/h1-4,8,11H,5,10H2,(H,12,13)/q-1/t8-/m0/s1/i11D/hD3. The second-order valence-corrected chi connectivity index (χ2v) is 2.68. The number of allylic oxidation sites excluding steroid dienone is 2. The Morgan fingerprint density at radius 1 is 1.85 bits per heavy atom. The van der Waals surface area contributed by atoms with Crippen LogP contribution in [0.1, 0.15) is 7.85 Å². The molecule has 0 saturated carbocycles. The number of carboxylic acids is 1. The minimum Gasteiger partial charge on any atom is -0.544 e. The van der Waals surface area contributed by atoms with Gasteiger partial charge in [-0.2, -0.15) is 12.2 Å². The van der Waals surface area contributed by atoms with Crippen molar-refractivity contribution in [1.29, 1.82) is 0 Å². The lowest BCUT2D eigenvalue weighted by Crippen LogP contribution is -2.68. The van der Waals surface area contributed by atoms with Crippen LogP contribution in [0.4, 0.5) is 0 Å². The van der Waals surface area contributed by atoms with Crippen molar-refractivity contribution in [2.24, 2.45) is 0 Å². The van der Waals surface area contributed by atoms with Crippen LogP contribution < -0.4 is 10.8 Å². The number of quaternary nitrogens is 1. The number of aliphatic carboxylic acids is 1. The van der Waals surface area contributed by atoms with Crippen molar-refractivity contribution in [2.75, 3.05) is 0 Å². The molecular weight excluding hydrogens is 170 g/mol. The SMILES string of the molecule is [2H]O[C-]1C=C[C](C[C@@H](C(=O)[O-])[N+]([2H])([2H])[2H])C=C1. The lowest BCUT2D eigenvalue weighted by molar-refractivity contribution is -0.437. The van der Waals surface area contributed by atoms with Crippen molar-refractivity contribution in [1.82, 2.24) is 0 Å². The zero-order valence-electron chi connectivity index (χ0n) is 10.8. The van der Waals surface area contributed by atoms with Crippen molar-refractivity contribution < 1.29 is 26.4 Å². The third kappa shape index (κ3) is 2.93. The zero-order valence-corrected chi connectivity index (χ0v) is 6.77. The highest BCUT2D eigenvalue weighted by molar-refractivity contribution is 5.69. The van der Waals surface area contributed by atoms with Gasteiger partial charge in [-0.05, 0) is 12.5 Å². The Bertz CT molecular complexity index is 326. The zero-order chi connectivity index (χ0) is 13.1. The average molecular weight is 185 g/mol. The number of aliphatic hydroxyl groups is 1. The van der Waals surface area contributed by atoms with Crippen molar-refractivity contribution in [2.45, 2.75) is 12.5 Å². The molecule has 0 heterocycles. The number of carboxylic acid groups (broad SMARTS) is 1. The van der Waals surface area contributed by atoms with Gasteiger partial charge >= 0.3 is 4.24 Å². The second kappa shape index (κ2) is 4.11. The first-order valence-corrected chi connectivity index (χ1v) is 3.74. The molecule has 0 unspecified atom stereocenters. The smallest absolute Gasteiger partial charge is 0.345 e. The fourth-order valence-corrected chi connectivity index (χ4v) is 0.932. The summed E-state index contributed by atoms with van der Waals surface area (Å²) in [6.45, 7) is 0. The molecule has 1 aliphatic rings. The summed E-state index contributed by atoms with van der Waals surface area (Å²) >= 11 is 0. The van der Waals surface area contributed by atoms with Gasteiger partial charge in [-0.15, -0.1) is 12.2 Å². The van der Waals surface area contributed by atoms with Gasteiger partial charge in [0, 0.05) is 0 Å². The minimum atomic E-state index is -1.95. The van der Waals surface area contributed by atoms with Crippen molar-refractivity contribution >= 4 is 5.97 Å². The fourth-order valence-electron chi connectivity index (χ4n) is 0.932. The molecule has 0 aliphatic heterocycles. The van der Waals surface area contributed by atoms with Gasteiger partial charge in [-0.3, -0.25) is 0 Å². The molecule has 4 nitrogen and oxygen atoms in total.